The number of carbonyl (C=O) groups is 2. The lowest BCUT2D eigenvalue weighted by atomic mass is 10.0. The number of aryl methyl sites for hydroxylation is 1. The van der Waals surface area contributed by atoms with E-state index in [2.05, 4.69) is 17.1 Å². The second-order valence-corrected chi connectivity index (χ2v) is 6.14. The molecule has 0 unspecified atom stereocenters. The molecule has 1 heterocycles. The third-order valence-corrected chi connectivity index (χ3v) is 4.36. The summed E-state index contributed by atoms with van der Waals surface area (Å²) in [6.07, 6.45) is 5.71. The van der Waals surface area contributed by atoms with Gasteiger partial charge in [-0.1, -0.05) is 30.4 Å². The van der Waals surface area contributed by atoms with Gasteiger partial charge in [0.15, 0.2) is 6.10 Å². The van der Waals surface area contributed by atoms with E-state index in [0.29, 0.717) is 12.0 Å². The Balaban J connectivity index is 1.72. The highest BCUT2D eigenvalue weighted by Gasteiger charge is 2.25. The summed E-state index contributed by atoms with van der Waals surface area (Å²) in [6.45, 7) is 3.51. The number of aromatic nitrogens is 1. The molecule has 1 aromatic carbocycles. The maximum absolute atomic E-state index is 12.7. The van der Waals surface area contributed by atoms with Crippen LogP contribution in [-0.2, 0) is 9.53 Å². The highest BCUT2D eigenvalue weighted by molar-refractivity contribution is 6.11. The number of Topliss-reactive ketones (excluding diaryl/α,β-unsaturated/α-hetero) is 1. The predicted octanol–water partition coefficient (Wildman–Crippen LogP) is 3.95. The first kappa shape index (κ1) is 15.5. The summed E-state index contributed by atoms with van der Waals surface area (Å²) in [5.41, 5.74) is 2.34. The van der Waals surface area contributed by atoms with Crippen LogP contribution in [0.2, 0.25) is 0 Å². The number of ether oxygens (including phenoxy) is 1. The fraction of sp³-hybridized carbons (Fsp3) is 0.368. The van der Waals surface area contributed by atoms with E-state index < -0.39 is 6.10 Å². The van der Waals surface area contributed by atoms with Crippen molar-refractivity contribution in [1.82, 2.24) is 4.98 Å². The van der Waals surface area contributed by atoms with Crippen molar-refractivity contribution in [2.45, 2.75) is 39.2 Å². The molecular formula is C19H21NO3. The molecule has 0 bridgehead atoms. The summed E-state index contributed by atoms with van der Waals surface area (Å²) >= 11 is 0. The van der Waals surface area contributed by atoms with Crippen molar-refractivity contribution >= 4 is 22.7 Å². The monoisotopic (exact) mass is 311 g/mol. The van der Waals surface area contributed by atoms with Gasteiger partial charge in [-0.3, -0.25) is 9.59 Å². The first-order valence-corrected chi connectivity index (χ1v) is 8.04. The number of hydrogen-bond donors (Lipinski definition) is 1. The van der Waals surface area contributed by atoms with E-state index in [0.717, 1.165) is 29.4 Å². The molecule has 2 atom stereocenters. The normalized spacial score (nSPS) is 18.3. The molecule has 4 nitrogen and oxygen atoms in total. The SMILES string of the molecule is Cc1[nH]c2ccccc2c1C(=O)[C@H](C)OC(=O)C[C@H]1C=CCC1. The largest absolute Gasteiger partial charge is 0.454 e. The van der Waals surface area contributed by atoms with Crippen LogP contribution < -0.4 is 0 Å². The Morgan fingerprint density at radius 2 is 2.13 bits per heavy atom. The molecule has 3 rings (SSSR count). The zero-order valence-electron chi connectivity index (χ0n) is 13.5. The zero-order chi connectivity index (χ0) is 16.4. The van der Waals surface area contributed by atoms with E-state index in [1.165, 1.54) is 0 Å². The first-order valence-electron chi connectivity index (χ1n) is 8.04. The van der Waals surface area contributed by atoms with E-state index >= 15 is 0 Å². The molecule has 1 aliphatic carbocycles. The Morgan fingerprint density at radius 1 is 1.35 bits per heavy atom. The van der Waals surface area contributed by atoms with Gasteiger partial charge in [0.25, 0.3) is 0 Å². The maximum Gasteiger partial charge on any atom is 0.307 e. The molecule has 2 aromatic rings. The lowest BCUT2D eigenvalue weighted by Gasteiger charge is -2.14. The van der Waals surface area contributed by atoms with Crippen LogP contribution in [-0.4, -0.2) is 22.8 Å². The summed E-state index contributed by atoms with van der Waals surface area (Å²) in [6, 6.07) is 7.66. The van der Waals surface area contributed by atoms with Crippen molar-refractivity contribution in [2.75, 3.05) is 0 Å². The number of para-hydroxylation sites is 1. The summed E-state index contributed by atoms with van der Waals surface area (Å²) in [7, 11) is 0. The summed E-state index contributed by atoms with van der Waals surface area (Å²) in [5.74, 6) is -0.213. The minimum Gasteiger partial charge on any atom is -0.454 e. The molecule has 4 heteroatoms. The quantitative estimate of drug-likeness (QED) is 0.517. The Morgan fingerprint density at radius 3 is 2.87 bits per heavy atom. The average Bonchev–Trinajstić information content (AvgIpc) is 3.12. The number of H-pyrrole nitrogens is 1. The molecule has 0 radical (unpaired) electrons. The summed E-state index contributed by atoms with van der Waals surface area (Å²) in [4.78, 5) is 27.9. The molecule has 1 aromatic heterocycles. The maximum atomic E-state index is 12.7. The zero-order valence-corrected chi connectivity index (χ0v) is 13.5. The van der Waals surface area contributed by atoms with Crippen LogP contribution in [0.25, 0.3) is 10.9 Å². The van der Waals surface area contributed by atoms with Crippen LogP contribution in [0.1, 0.15) is 42.2 Å². The third kappa shape index (κ3) is 3.21. The highest BCUT2D eigenvalue weighted by Crippen LogP contribution is 2.25. The number of aromatic amines is 1. The van der Waals surface area contributed by atoms with Gasteiger partial charge in [-0.25, -0.2) is 0 Å². The topological polar surface area (TPSA) is 59.2 Å². The van der Waals surface area contributed by atoms with Crippen molar-refractivity contribution < 1.29 is 14.3 Å². The number of ketones is 1. The van der Waals surface area contributed by atoms with Gasteiger partial charge in [0.1, 0.15) is 0 Å². The number of benzene rings is 1. The van der Waals surface area contributed by atoms with E-state index in [-0.39, 0.29) is 17.7 Å². The van der Waals surface area contributed by atoms with Gasteiger partial charge in [-0.2, -0.15) is 0 Å². The molecule has 0 spiro atoms. The molecule has 0 saturated heterocycles. The molecule has 0 saturated carbocycles. The minimum absolute atomic E-state index is 0.157. The third-order valence-electron chi connectivity index (χ3n) is 4.36. The van der Waals surface area contributed by atoms with Crippen molar-refractivity contribution in [1.29, 1.82) is 0 Å². The van der Waals surface area contributed by atoms with Crippen LogP contribution in [0.5, 0.6) is 0 Å². The van der Waals surface area contributed by atoms with Crippen molar-refractivity contribution in [3.05, 3.63) is 47.7 Å². The van der Waals surface area contributed by atoms with Crippen LogP contribution in [0, 0.1) is 12.8 Å². The Hall–Kier alpha value is -2.36. The van der Waals surface area contributed by atoms with Gasteiger partial charge >= 0.3 is 5.97 Å². The van der Waals surface area contributed by atoms with Crippen LogP contribution in [0.4, 0.5) is 0 Å². The number of esters is 1. The summed E-state index contributed by atoms with van der Waals surface area (Å²) < 4.78 is 5.37. The smallest absolute Gasteiger partial charge is 0.307 e. The van der Waals surface area contributed by atoms with E-state index in [1.807, 2.05) is 31.2 Å². The Kier molecular flexibility index (Phi) is 4.33. The number of hydrogen-bond acceptors (Lipinski definition) is 3. The van der Waals surface area contributed by atoms with Gasteiger partial charge in [0.05, 0.1) is 6.42 Å². The minimum atomic E-state index is -0.772. The molecule has 0 amide bonds. The highest BCUT2D eigenvalue weighted by atomic mass is 16.5. The van der Waals surface area contributed by atoms with Crippen molar-refractivity contribution in [2.24, 2.45) is 5.92 Å². The van der Waals surface area contributed by atoms with E-state index in [1.54, 1.807) is 6.92 Å². The summed E-state index contributed by atoms with van der Waals surface area (Å²) in [5, 5.41) is 0.872. The molecule has 1 aliphatic rings. The molecule has 0 aliphatic heterocycles. The predicted molar refractivity (Wildman–Crippen MR) is 89.4 cm³/mol. The standard InChI is InChI=1S/C19H21NO3/c1-12-18(15-9-5-6-10-16(15)20-12)19(22)13(2)23-17(21)11-14-7-3-4-8-14/h3,5-7,9-10,13-14,20H,4,8,11H2,1-2H3/t13-,14-/m0/s1. The van der Waals surface area contributed by atoms with Gasteiger partial charge in [0.2, 0.25) is 5.78 Å². The lowest BCUT2D eigenvalue weighted by molar-refractivity contribution is -0.147. The van der Waals surface area contributed by atoms with Gasteiger partial charge in [-0.05, 0) is 38.7 Å². The average molecular weight is 311 g/mol. The van der Waals surface area contributed by atoms with E-state index in [9.17, 15) is 9.59 Å². The lowest BCUT2D eigenvalue weighted by Crippen LogP contribution is -2.25. The number of carbonyl (C=O) groups excluding carboxylic acids is 2. The van der Waals surface area contributed by atoms with Crippen LogP contribution in [0.15, 0.2) is 36.4 Å². The molecule has 23 heavy (non-hydrogen) atoms. The molecule has 1 N–H and O–H groups in total. The Bertz CT molecular complexity index is 772. The number of allylic oxidation sites excluding steroid dienone is 2. The molecular weight excluding hydrogens is 290 g/mol. The van der Waals surface area contributed by atoms with Crippen molar-refractivity contribution in [3.8, 4) is 0 Å². The van der Waals surface area contributed by atoms with Gasteiger partial charge in [-0.15, -0.1) is 0 Å². The fourth-order valence-corrected chi connectivity index (χ4v) is 3.18. The number of nitrogens with one attached hydrogen (secondary N) is 1. The molecule has 0 fully saturated rings. The fourth-order valence-electron chi connectivity index (χ4n) is 3.18. The molecule has 120 valence electrons. The Labute approximate surface area is 135 Å². The van der Waals surface area contributed by atoms with Crippen LogP contribution in [0.3, 0.4) is 0 Å². The van der Waals surface area contributed by atoms with Gasteiger partial charge < -0.3 is 9.72 Å². The second kappa shape index (κ2) is 6.41. The van der Waals surface area contributed by atoms with E-state index in [4.69, 9.17) is 4.74 Å². The van der Waals surface area contributed by atoms with Gasteiger partial charge in [0, 0.05) is 22.2 Å². The number of rotatable bonds is 5. The number of fused-ring (bicyclic) bond motifs is 1. The first-order chi connectivity index (χ1) is 11.1. The van der Waals surface area contributed by atoms with Crippen molar-refractivity contribution in [3.63, 3.8) is 0 Å². The van der Waals surface area contributed by atoms with Crippen LogP contribution >= 0.6 is 0 Å². The second-order valence-electron chi connectivity index (χ2n) is 6.14.